The summed E-state index contributed by atoms with van der Waals surface area (Å²) in [5.74, 6) is -0.491. The monoisotopic (exact) mass is 532 g/mol. The molecule has 4 aromatic rings. The van der Waals surface area contributed by atoms with E-state index < -0.39 is 11.9 Å². The molecule has 0 spiro atoms. The summed E-state index contributed by atoms with van der Waals surface area (Å²) in [6.07, 6.45) is 8.37. The number of halogens is 2. The number of benzene rings is 2. The third-order valence-electron chi connectivity index (χ3n) is 6.45. The van der Waals surface area contributed by atoms with E-state index in [9.17, 15) is 14.0 Å². The van der Waals surface area contributed by atoms with Gasteiger partial charge < -0.3 is 15.6 Å². The minimum Gasteiger partial charge on any atom is -0.346 e. The van der Waals surface area contributed by atoms with Gasteiger partial charge in [0, 0.05) is 18.2 Å². The van der Waals surface area contributed by atoms with E-state index in [0.29, 0.717) is 47.7 Å². The number of carbonyl (C=O) groups is 2. The van der Waals surface area contributed by atoms with E-state index in [-0.39, 0.29) is 22.5 Å². The maximum absolute atomic E-state index is 14.6. The second kappa shape index (κ2) is 10.6. The number of hydrogen-bond acceptors (Lipinski definition) is 4. The molecule has 0 saturated heterocycles. The van der Waals surface area contributed by atoms with E-state index in [2.05, 4.69) is 20.7 Å². The summed E-state index contributed by atoms with van der Waals surface area (Å²) in [5, 5.41) is 10.2. The van der Waals surface area contributed by atoms with Crippen molar-refractivity contribution in [3.05, 3.63) is 94.4 Å². The van der Waals surface area contributed by atoms with E-state index in [1.165, 1.54) is 16.9 Å². The summed E-state index contributed by atoms with van der Waals surface area (Å²) in [6.45, 7) is 3.66. The highest BCUT2D eigenvalue weighted by molar-refractivity contribution is 6.30. The molecular formula is C28H26ClFN6O2. The number of hydrogen-bond donors (Lipinski definition) is 3. The van der Waals surface area contributed by atoms with Crippen molar-refractivity contribution < 1.29 is 14.0 Å². The number of aryl methyl sites for hydroxylation is 1. The van der Waals surface area contributed by atoms with Crippen LogP contribution in [-0.2, 0) is 4.79 Å². The first-order valence-corrected chi connectivity index (χ1v) is 12.6. The van der Waals surface area contributed by atoms with Gasteiger partial charge in [-0.15, -0.1) is 0 Å². The molecule has 38 heavy (non-hydrogen) atoms. The van der Waals surface area contributed by atoms with Crippen molar-refractivity contribution in [2.24, 2.45) is 0 Å². The summed E-state index contributed by atoms with van der Waals surface area (Å²) in [6, 6.07) is 9.94. The van der Waals surface area contributed by atoms with Crippen LogP contribution in [0, 0.1) is 19.7 Å². The number of carbonyl (C=O) groups excluding carboxylic acids is 2. The third-order valence-corrected chi connectivity index (χ3v) is 6.74. The van der Waals surface area contributed by atoms with Crippen LogP contribution in [0.3, 0.4) is 0 Å². The zero-order chi connectivity index (χ0) is 26.8. The number of fused-ring (bicyclic) bond motifs is 4. The minimum atomic E-state index is -0.612. The van der Waals surface area contributed by atoms with Gasteiger partial charge in [0.15, 0.2) is 5.82 Å². The van der Waals surface area contributed by atoms with Gasteiger partial charge in [0.1, 0.15) is 11.5 Å². The summed E-state index contributed by atoms with van der Waals surface area (Å²) in [7, 11) is 0. The van der Waals surface area contributed by atoms with Crippen molar-refractivity contribution in [2.75, 3.05) is 5.32 Å². The molecule has 3 heterocycles. The molecule has 0 saturated carbocycles. The third kappa shape index (κ3) is 5.10. The minimum absolute atomic E-state index is 0.0264. The number of H-pyrrole nitrogens is 1. The van der Waals surface area contributed by atoms with E-state index in [1.54, 1.807) is 25.3 Å². The molecule has 2 aromatic carbocycles. The first-order chi connectivity index (χ1) is 18.3. The standard InChI is InChI=1S/C28H26ClFN6O2/c1-16-11-12-18-22(13-16)33-25(37)10-5-3-4-8-21(27-31-15-23(18)34-27)35-28(38)19-14-32-36(17(19)2)24-9-6-7-20(29)26(24)30/h3-4,6-7,9,11-15,21H,5,8,10H2,1-2H3,(H,31,34)(H,33,37)(H,35,38)/b4-3+/t21-/m0/s1. The topological polar surface area (TPSA) is 105 Å². The Kier molecular flexibility index (Phi) is 7.11. The molecule has 5 rings (SSSR count). The quantitative estimate of drug-likeness (QED) is 0.289. The van der Waals surface area contributed by atoms with E-state index in [0.717, 1.165) is 11.1 Å². The molecule has 8 nitrogen and oxygen atoms in total. The van der Waals surface area contributed by atoms with Gasteiger partial charge in [-0.05, 0) is 50.5 Å². The van der Waals surface area contributed by atoms with Crippen LogP contribution < -0.4 is 10.6 Å². The van der Waals surface area contributed by atoms with Crippen molar-refractivity contribution in [1.82, 2.24) is 25.1 Å². The Labute approximate surface area is 223 Å². The lowest BCUT2D eigenvalue weighted by molar-refractivity contribution is -0.116. The van der Waals surface area contributed by atoms with E-state index in [1.807, 2.05) is 37.3 Å². The maximum Gasteiger partial charge on any atom is 0.255 e. The zero-order valence-corrected chi connectivity index (χ0v) is 21.6. The van der Waals surface area contributed by atoms with Crippen LogP contribution in [0.2, 0.25) is 5.02 Å². The molecule has 3 N–H and O–H groups in total. The van der Waals surface area contributed by atoms with Crippen LogP contribution in [-0.4, -0.2) is 31.6 Å². The molecule has 0 radical (unpaired) electrons. The molecule has 2 bridgehead atoms. The molecule has 10 heteroatoms. The van der Waals surface area contributed by atoms with Crippen LogP contribution >= 0.6 is 11.6 Å². The smallest absolute Gasteiger partial charge is 0.255 e. The van der Waals surface area contributed by atoms with Gasteiger partial charge in [-0.3, -0.25) is 9.59 Å². The van der Waals surface area contributed by atoms with Gasteiger partial charge in [0.25, 0.3) is 5.91 Å². The number of amides is 2. The van der Waals surface area contributed by atoms with E-state index in [4.69, 9.17) is 16.6 Å². The largest absolute Gasteiger partial charge is 0.346 e. The van der Waals surface area contributed by atoms with Crippen molar-refractivity contribution in [3.63, 3.8) is 0 Å². The highest BCUT2D eigenvalue weighted by Crippen LogP contribution is 2.30. The Bertz CT molecular complexity index is 1560. The summed E-state index contributed by atoms with van der Waals surface area (Å²) >= 11 is 5.93. The molecule has 194 valence electrons. The highest BCUT2D eigenvalue weighted by Gasteiger charge is 2.23. The molecule has 0 fully saturated rings. The fourth-order valence-electron chi connectivity index (χ4n) is 4.42. The van der Waals surface area contributed by atoms with Gasteiger partial charge >= 0.3 is 0 Å². The summed E-state index contributed by atoms with van der Waals surface area (Å²) in [4.78, 5) is 33.8. The first-order valence-electron chi connectivity index (χ1n) is 12.2. The maximum atomic E-state index is 14.6. The Morgan fingerprint density at radius 3 is 2.89 bits per heavy atom. The van der Waals surface area contributed by atoms with Crippen molar-refractivity contribution in [3.8, 4) is 16.9 Å². The molecule has 1 atom stereocenters. The molecule has 1 aliphatic rings. The van der Waals surface area contributed by atoms with Crippen molar-refractivity contribution >= 4 is 29.1 Å². The fraction of sp³-hybridized carbons (Fsp3) is 0.214. The van der Waals surface area contributed by atoms with Crippen molar-refractivity contribution in [1.29, 1.82) is 0 Å². The molecule has 0 unspecified atom stereocenters. The number of allylic oxidation sites excluding steroid dienone is 1. The summed E-state index contributed by atoms with van der Waals surface area (Å²) < 4.78 is 15.9. The average Bonchev–Trinajstić information content (AvgIpc) is 3.52. The van der Waals surface area contributed by atoms with Gasteiger partial charge in [-0.25, -0.2) is 14.1 Å². The Morgan fingerprint density at radius 2 is 2.05 bits per heavy atom. The number of rotatable bonds is 3. The molecule has 2 aromatic heterocycles. The second-order valence-electron chi connectivity index (χ2n) is 9.17. The number of imidazole rings is 1. The summed E-state index contributed by atoms with van der Waals surface area (Å²) in [5.41, 5.74) is 4.07. The number of nitrogens with zero attached hydrogens (tertiary/aromatic N) is 3. The highest BCUT2D eigenvalue weighted by atomic mass is 35.5. The van der Waals surface area contributed by atoms with Crippen LogP contribution in [0.1, 0.15) is 52.7 Å². The fourth-order valence-corrected chi connectivity index (χ4v) is 4.59. The first kappa shape index (κ1) is 25.4. The lowest BCUT2D eigenvalue weighted by Crippen LogP contribution is -2.29. The molecule has 0 aliphatic carbocycles. The van der Waals surface area contributed by atoms with Crippen LogP contribution in [0.15, 0.2) is 60.9 Å². The zero-order valence-electron chi connectivity index (χ0n) is 20.9. The Morgan fingerprint density at radius 1 is 1.21 bits per heavy atom. The Balaban J connectivity index is 1.45. The number of anilines is 1. The van der Waals surface area contributed by atoms with Gasteiger partial charge in [0.2, 0.25) is 5.91 Å². The average molecular weight is 533 g/mol. The predicted molar refractivity (Wildman–Crippen MR) is 144 cm³/mol. The lowest BCUT2D eigenvalue weighted by Gasteiger charge is -2.15. The predicted octanol–water partition coefficient (Wildman–Crippen LogP) is 5.82. The van der Waals surface area contributed by atoms with Crippen LogP contribution in [0.4, 0.5) is 10.1 Å². The van der Waals surface area contributed by atoms with Gasteiger partial charge in [0.05, 0.1) is 39.9 Å². The molecular weight excluding hydrogens is 507 g/mol. The molecule has 1 aliphatic heterocycles. The van der Waals surface area contributed by atoms with Crippen LogP contribution in [0.25, 0.3) is 16.9 Å². The van der Waals surface area contributed by atoms with Gasteiger partial charge in [-0.2, -0.15) is 5.10 Å². The second-order valence-corrected chi connectivity index (χ2v) is 9.58. The Hall–Kier alpha value is -4.24. The van der Waals surface area contributed by atoms with Crippen LogP contribution in [0.5, 0.6) is 0 Å². The lowest BCUT2D eigenvalue weighted by atomic mass is 10.1. The van der Waals surface area contributed by atoms with Crippen molar-refractivity contribution in [2.45, 2.75) is 39.2 Å². The molecule has 2 amide bonds. The normalized spacial score (nSPS) is 16.4. The van der Waals surface area contributed by atoms with E-state index >= 15 is 0 Å². The SMILES string of the molecule is Cc1ccc2c(c1)NC(=O)CC/C=C/C[C@H](NC(=O)c1cnn(-c3cccc(Cl)c3F)c1C)c1nc-2c[nH]1. The number of nitrogens with one attached hydrogen (secondary N) is 3. The number of aromatic nitrogens is 4. The number of aromatic amines is 1. The van der Waals surface area contributed by atoms with Gasteiger partial charge in [-0.1, -0.05) is 42.0 Å².